The number of quaternary nitrogens is 1. The van der Waals surface area contributed by atoms with Gasteiger partial charge in [0.1, 0.15) is 19.3 Å². The van der Waals surface area contributed by atoms with Crippen molar-refractivity contribution in [3.05, 3.63) is 23.9 Å². The molecule has 1 atom stereocenters. The molecule has 2 aliphatic carbocycles. The van der Waals surface area contributed by atoms with E-state index in [4.69, 9.17) is 4.84 Å². The molecule has 0 bridgehead atoms. The lowest BCUT2D eigenvalue weighted by Gasteiger charge is -2.09. The summed E-state index contributed by atoms with van der Waals surface area (Å²) in [6.07, 6.45) is 6.33. The number of halogens is 1. The smallest absolute Gasteiger partial charge is 0.224 e. The molecule has 0 spiro atoms. The monoisotopic (exact) mass is 325 g/mol. The predicted molar refractivity (Wildman–Crippen MR) is 80.3 cm³/mol. The number of rotatable bonds is 8. The van der Waals surface area contributed by atoms with Crippen LogP contribution in [0.4, 0.5) is 5.82 Å². The van der Waals surface area contributed by atoms with Crippen LogP contribution in [-0.2, 0) is 4.84 Å². The molecule has 0 aliphatic heterocycles. The van der Waals surface area contributed by atoms with E-state index in [-0.39, 0.29) is 19.0 Å². The zero-order chi connectivity index (χ0) is 14.7. The molecule has 1 heterocycles. The third kappa shape index (κ3) is 5.23. The average molecular weight is 326 g/mol. The molecule has 0 aromatic carbocycles. The Kier molecular flexibility index (Phi) is 6.17. The molecular formula is C16H24ClN3O2. The summed E-state index contributed by atoms with van der Waals surface area (Å²) in [6.45, 7) is 2.80. The number of pyridine rings is 1. The number of oxime groups is 1. The predicted octanol–water partition coefficient (Wildman–Crippen LogP) is -1.86. The van der Waals surface area contributed by atoms with Crippen molar-refractivity contribution in [2.75, 3.05) is 13.2 Å². The topological polar surface area (TPSA) is 71.3 Å². The van der Waals surface area contributed by atoms with Crippen LogP contribution in [0.2, 0.25) is 0 Å². The summed E-state index contributed by atoms with van der Waals surface area (Å²) >= 11 is 0. The molecule has 2 fully saturated rings. The molecule has 1 aromatic heterocycles. The molecule has 22 heavy (non-hydrogen) atoms. The Bertz CT molecular complexity index is 485. The lowest BCUT2D eigenvalue weighted by molar-refractivity contribution is -0.583. The van der Waals surface area contributed by atoms with Gasteiger partial charge in [-0.05, 0) is 38.2 Å². The van der Waals surface area contributed by atoms with Crippen LogP contribution in [0.5, 0.6) is 0 Å². The van der Waals surface area contributed by atoms with Gasteiger partial charge in [0, 0.05) is 24.1 Å². The van der Waals surface area contributed by atoms with E-state index in [0.717, 1.165) is 11.4 Å². The molecule has 3 rings (SSSR count). The van der Waals surface area contributed by atoms with E-state index in [9.17, 15) is 5.11 Å². The zero-order valence-electron chi connectivity index (χ0n) is 12.9. The molecule has 0 saturated heterocycles. The molecule has 0 radical (unpaired) electrons. The molecule has 2 aliphatic rings. The Morgan fingerprint density at radius 1 is 1.36 bits per heavy atom. The minimum Gasteiger partial charge on any atom is -1.00 e. The van der Waals surface area contributed by atoms with Crippen molar-refractivity contribution in [3.8, 4) is 0 Å². The largest absolute Gasteiger partial charge is 1.00 e. The lowest BCUT2D eigenvalue weighted by Crippen LogP contribution is -3.00. The lowest BCUT2D eigenvalue weighted by atomic mass is 10.2. The fraction of sp³-hybridized carbons (Fsp3) is 0.625. The maximum atomic E-state index is 9.93. The maximum absolute atomic E-state index is 9.93. The number of hydrogen-bond acceptors (Lipinski definition) is 4. The van der Waals surface area contributed by atoms with E-state index < -0.39 is 6.10 Å². The number of nitrogens with zero attached hydrogens (tertiary/aromatic N) is 2. The maximum Gasteiger partial charge on any atom is 0.224 e. The molecule has 3 N–H and O–H groups in total. The normalized spacial score (nSPS) is 18.3. The molecule has 2 saturated carbocycles. The number of aryl methyl sites for hydroxylation is 1. The first-order chi connectivity index (χ1) is 10.2. The Balaban J connectivity index is 0.00000176. The van der Waals surface area contributed by atoms with Crippen LogP contribution in [0.3, 0.4) is 0 Å². The standard InChI is InChI=1S/C16H23N3O2.ClH/c1-11-2-7-15(17-8-11)18-9-14(20)10-21-19-16(12-3-4-12)13-5-6-13;/h2,7-8,12-14,20H,3-6,9-10H2,1H3,(H,17,18);1H. The first kappa shape index (κ1) is 17.2. The van der Waals surface area contributed by atoms with Gasteiger partial charge >= 0.3 is 0 Å². The third-order valence-corrected chi connectivity index (χ3v) is 3.96. The van der Waals surface area contributed by atoms with E-state index in [0.29, 0.717) is 18.4 Å². The van der Waals surface area contributed by atoms with Crippen LogP contribution in [0.25, 0.3) is 0 Å². The summed E-state index contributed by atoms with van der Waals surface area (Å²) in [5.41, 5.74) is 2.38. The molecule has 5 nitrogen and oxygen atoms in total. The van der Waals surface area contributed by atoms with Gasteiger partial charge in [-0.1, -0.05) is 11.2 Å². The van der Waals surface area contributed by atoms with Gasteiger partial charge in [0.15, 0.2) is 0 Å². The van der Waals surface area contributed by atoms with Crippen molar-refractivity contribution < 1.29 is 27.7 Å². The molecular weight excluding hydrogens is 302 g/mol. The van der Waals surface area contributed by atoms with Crippen molar-refractivity contribution in [2.45, 2.75) is 38.7 Å². The van der Waals surface area contributed by atoms with E-state index in [1.165, 1.54) is 31.4 Å². The van der Waals surface area contributed by atoms with Crippen LogP contribution < -0.4 is 17.7 Å². The van der Waals surface area contributed by atoms with E-state index in [1.807, 2.05) is 30.6 Å². The average Bonchev–Trinajstić information content (AvgIpc) is 3.37. The Labute approximate surface area is 137 Å². The molecule has 6 heteroatoms. The summed E-state index contributed by atoms with van der Waals surface area (Å²) in [4.78, 5) is 9.65. The number of nitrogens with two attached hydrogens (primary N) is 1. The molecule has 122 valence electrons. The fourth-order valence-electron chi connectivity index (χ4n) is 2.36. The van der Waals surface area contributed by atoms with E-state index >= 15 is 0 Å². The zero-order valence-corrected chi connectivity index (χ0v) is 13.7. The van der Waals surface area contributed by atoms with Crippen LogP contribution >= 0.6 is 0 Å². The van der Waals surface area contributed by atoms with Crippen LogP contribution in [0, 0.1) is 18.8 Å². The quantitative estimate of drug-likeness (QED) is 0.435. The summed E-state index contributed by atoms with van der Waals surface area (Å²) < 4.78 is 0. The van der Waals surface area contributed by atoms with Gasteiger partial charge in [0.05, 0.1) is 5.71 Å². The highest BCUT2D eigenvalue weighted by Gasteiger charge is 2.38. The van der Waals surface area contributed by atoms with Gasteiger partial charge in [0.2, 0.25) is 5.82 Å². The number of hydrogen-bond donors (Lipinski definition) is 2. The highest BCUT2D eigenvalue weighted by molar-refractivity contribution is 5.92. The minimum atomic E-state index is -0.531. The van der Waals surface area contributed by atoms with Crippen molar-refractivity contribution in [1.82, 2.24) is 4.98 Å². The first-order valence-electron chi connectivity index (χ1n) is 7.86. The SMILES string of the molecule is Cc1ccc([NH2+]CC(O)CON=C(C2CC2)C2CC2)nc1.[Cl-]. The number of aliphatic hydroxyl groups excluding tert-OH is 1. The summed E-state index contributed by atoms with van der Waals surface area (Å²) in [7, 11) is 0. The first-order valence-corrected chi connectivity index (χ1v) is 7.86. The van der Waals surface area contributed by atoms with E-state index in [1.54, 1.807) is 0 Å². The third-order valence-electron chi connectivity index (χ3n) is 3.96. The second kappa shape index (κ2) is 7.90. The second-order valence-electron chi connectivity index (χ2n) is 6.21. The van der Waals surface area contributed by atoms with Crippen molar-refractivity contribution in [1.29, 1.82) is 0 Å². The van der Waals surface area contributed by atoms with Crippen molar-refractivity contribution in [3.63, 3.8) is 0 Å². The summed E-state index contributed by atoms with van der Waals surface area (Å²) in [5, 5.41) is 16.1. The van der Waals surface area contributed by atoms with Crippen LogP contribution in [-0.4, -0.2) is 35.1 Å². The summed E-state index contributed by atoms with van der Waals surface area (Å²) in [5.74, 6) is 2.22. The Morgan fingerprint density at radius 3 is 2.59 bits per heavy atom. The fourth-order valence-corrected chi connectivity index (χ4v) is 2.36. The van der Waals surface area contributed by atoms with Crippen molar-refractivity contribution >= 4 is 11.5 Å². The van der Waals surface area contributed by atoms with Crippen molar-refractivity contribution in [2.24, 2.45) is 17.0 Å². The Hall–Kier alpha value is -1.17. The molecule has 1 aromatic rings. The van der Waals surface area contributed by atoms with Gasteiger partial charge in [-0.3, -0.25) is 5.32 Å². The van der Waals surface area contributed by atoms with Crippen LogP contribution in [0.1, 0.15) is 31.2 Å². The molecule has 1 unspecified atom stereocenters. The van der Waals surface area contributed by atoms with Gasteiger partial charge in [0.25, 0.3) is 0 Å². The van der Waals surface area contributed by atoms with E-state index in [2.05, 4.69) is 10.1 Å². The number of aromatic nitrogens is 1. The summed E-state index contributed by atoms with van der Waals surface area (Å²) in [6, 6.07) is 3.98. The van der Waals surface area contributed by atoms with Gasteiger partial charge in [-0.25, -0.2) is 4.98 Å². The number of aliphatic hydroxyl groups is 1. The highest BCUT2D eigenvalue weighted by atomic mass is 35.5. The van der Waals surface area contributed by atoms with Gasteiger partial charge in [-0.15, -0.1) is 0 Å². The van der Waals surface area contributed by atoms with Gasteiger partial charge < -0.3 is 22.4 Å². The Morgan fingerprint density at radius 2 is 2.05 bits per heavy atom. The van der Waals surface area contributed by atoms with Crippen LogP contribution in [0.15, 0.2) is 23.5 Å². The minimum absolute atomic E-state index is 0. The molecule has 0 amide bonds. The second-order valence-corrected chi connectivity index (χ2v) is 6.21. The highest BCUT2D eigenvalue weighted by Crippen LogP contribution is 2.42. The van der Waals surface area contributed by atoms with Gasteiger partial charge in [-0.2, -0.15) is 0 Å².